The minimum absolute atomic E-state index is 0.291. The summed E-state index contributed by atoms with van der Waals surface area (Å²) in [5, 5.41) is 9.36. The van der Waals surface area contributed by atoms with E-state index in [-0.39, 0.29) is 0 Å². The molecule has 3 rings (SSSR count). The second-order valence-electron chi connectivity index (χ2n) is 5.49. The number of phenolic OH excluding ortho intramolecular Hbond substituents is 1. The third-order valence-electron chi connectivity index (χ3n) is 3.89. The van der Waals surface area contributed by atoms with Crippen LogP contribution < -0.4 is 4.74 Å². The van der Waals surface area contributed by atoms with Crippen LogP contribution in [-0.2, 0) is 19.4 Å². The van der Waals surface area contributed by atoms with Crippen molar-refractivity contribution in [1.82, 2.24) is 9.55 Å². The van der Waals surface area contributed by atoms with Crippen molar-refractivity contribution in [1.29, 1.82) is 0 Å². The first-order chi connectivity index (χ1) is 11.2. The topological polar surface area (TPSA) is 47.3 Å². The Morgan fingerprint density at radius 2 is 1.65 bits per heavy atom. The molecule has 0 spiro atoms. The van der Waals surface area contributed by atoms with Crippen molar-refractivity contribution < 1.29 is 9.84 Å². The Bertz CT molecular complexity index is 746. The fraction of sp³-hybridized carbons (Fsp3) is 0.211. The Morgan fingerprint density at radius 1 is 0.957 bits per heavy atom. The van der Waals surface area contributed by atoms with Gasteiger partial charge in [-0.05, 0) is 41.8 Å². The number of benzene rings is 2. The van der Waals surface area contributed by atoms with E-state index < -0.39 is 0 Å². The first-order valence-electron chi connectivity index (χ1n) is 7.65. The molecule has 2 aromatic carbocycles. The summed E-state index contributed by atoms with van der Waals surface area (Å²) in [5.74, 6) is 2.23. The Morgan fingerprint density at radius 3 is 2.35 bits per heavy atom. The molecule has 3 aromatic rings. The van der Waals surface area contributed by atoms with Crippen LogP contribution in [0.25, 0.3) is 0 Å². The lowest BCUT2D eigenvalue weighted by molar-refractivity contribution is 0.414. The first kappa shape index (κ1) is 15.2. The highest BCUT2D eigenvalue weighted by atomic mass is 16.5. The van der Waals surface area contributed by atoms with Gasteiger partial charge in [-0.2, -0.15) is 0 Å². The molecule has 0 atom stereocenters. The molecule has 1 heterocycles. The Balaban J connectivity index is 1.64. The Kier molecular flexibility index (Phi) is 4.62. The summed E-state index contributed by atoms with van der Waals surface area (Å²) in [6.07, 6.45) is 5.66. The molecule has 4 nitrogen and oxygen atoms in total. The van der Waals surface area contributed by atoms with Gasteiger partial charge in [0, 0.05) is 25.4 Å². The summed E-state index contributed by atoms with van der Waals surface area (Å²) in [6, 6.07) is 15.4. The molecule has 0 aliphatic carbocycles. The number of imidazole rings is 1. The summed E-state index contributed by atoms with van der Waals surface area (Å²) in [4.78, 5) is 4.47. The molecular formula is C19H20N2O2. The summed E-state index contributed by atoms with van der Waals surface area (Å²) >= 11 is 0. The fourth-order valence-corrected chi connectivity index (χ4v) is 2.56. The van der Waals surface area contributed by atoms with Crippen molar-refractivity contribution in [2.75, 3.05) is 7.11 Å². The van der Waals surface area contributed by atoms with Crippen molar-refractivity contribution in [3.05, 3.63) is 77.9 Å². The lowest BCUT2D eigenvalue weighted by Crippen LogP contribution is -2.05. The number of aromatic nitrogens is 2. The number of hydrogen-bond acceptors (Lipinski definition) is 3. The van der Waals surface area contributed by atoms with Gasteiger partial charge >= 0.3 is 0 Å². The van der Waals surface area contributed by atoms with E-state index >= 15 is 0 Å². The number of nitrogens with zero attached hydrogens (tertiary/aromatic N) is 2. The zero-order valence-corrected chi connectivity index (χ0v) is 13.1. The molecule has 0 bridgehead atoms. The smallest absolute Gasteiger partial charge is 0.118 e. The van der Waals surface area contributed by atoms with E-state index in [0.29, 0.717) is 5.75 Å². The highest BCUT2D eigenvalue weighted by Crippen LogP contribution is 2.15. The van der Waals surface area contributed by atoms with Crippen LogP contribution in [0.5, 0.6) is 11.5 Å². The van der Waals surface area contributed by atoms with E-state index in [2.05, 4.69) is 21.7 Å². The number of methoxy groups -OCH3 is 1. The Hall–Kier alpha value is -2.75. The van der Waals surface area contributed by atoms with Gasteiger partial charge in [0.1, 0.15) is 17.3 Å². The average molecular weight is 308 g/mol. The molecule has 0 unspecified atom stereocenters. The number of hydrogen-bond donors (Lipinski definition) is 1. The van der Waals surface area contributed by atoms with Crippen molar-refractivity contribution in [2.45, 2.75) is 19.4 Å². The largest absolute Gasteiger partial charge is 0.508 e. The Labute approximate surface area is 136 Å². The summed E-state index contributed by atoms with van der Waals surface area (Å²) < 4.78 is 7.33. The highest BCUT2D eigenvalue weighted by molar-refractivity contribution is 5.28. The van der Waals surface area contributed by atoms with Crippen LogP contribution in [0.4, 0.5) is 0 Å². The average Bonchev–Trinajstić information content (AvgIpc) is 3.02. The zero-order valence-electron chi connectivity index (χ0n) is 13.1. The predicted octanol–water partition coefficient (Wildman–Crippen LogP) is 3.43. The minimum atomic E-state index is 0.291. The second kappa shape index (κ2) is 7.01. The lowest BCUT2D eigenvalue weighted by atomic mass is 10.1. The summed E-state index contributed by atoms with van der Waals surface area (Å²) in [5.41, 5.74) is 2.41. The molecule has 0 aliphatic heterocycles. The van der Waals surface area contributed by atoms with Gasteiger partial charge in [-0.1, -0.05) is 24.3 Å². The van der Waals surface area contributed by atoms with E-state index in [4.69, 9.17) is 4.74 Å². The number of aromatic hydroxyl groups is 1. The van der Waals surface area contributed by atoms with E-state index in [1.54, 1.807) is 19.2 Å². The van der Waals surface area contributed by atoms with Gasteiger partial charge in [-0.3, -0.25) is 0 Å². The van der Waals surface area contributed by atoms with Gasteiger partial charge in [0.25, 0.3) is 0 Å². The van der Waals surface area contributed by atoms with Gasteiger partial charge in [0.15, 0.2) is 0 Å². The molecule has 1 N–H and O–H groups in total. The summed E-state index contributed by atoms with van der Waals surface area (Å²) in [6.45, 7) is 0.762. The van der Waals surface area contributed by atoms with Crippen LogP contribution in [0.15, 0.2) is 60.9 Å². The molecule has 0 fully saturated rings. The quantitative estimate of drug-likeness (QED) is 0.759. The molecule has 0 amide bonds. The van der Waals surface area contributed by atoms with Crippen molar-refractivity contribution in [2.24, 2.45) is 0 Å². The van der Waals surface area contributed by atoms with Gasteiger partial charge in [-0.15, -0.1) is 0 Å². The maximum absolute atomic E-state index is 9.36. The maximum Gasteiger partial charge on any atom is 0.118 e. The SMILES string of the molecule is COc1ccc(CCc2nccn2Cc2ccc(O)cc2)cc1. The normalized spacial score (nSPS) is 10.7. The van der Waals surface area contributed by atoms with Crippen LogP contribution in [0, 0.1) is 0 Å². The van der Waals surface area contributed by atoms with Crippen LogP contribution in [0.3, 0.4) is 0 Å². The number of rotatable bonds is 6. The van der Waals surface area contributed by atoms with Gasteiger partial charge < -0.3 is 14.4 Å². The highest BCUT2D eigenvalue weighted by Gasteiger charge is 2.05. The molecule has 0 saturated heterocycles. The van der Waals surface area contributed by atoms with Gasteiger partial charge in [0.2, 0.25) is 0 Å². The van der Waals surface area contributed by atoms with Gasteiger partial charge in [-0.25, -0.2) is 4.98 Å². The van der Waals surface area contributed by atoms with Crippen molar-refractivity contribution in [3.8, 4) is 11.5 Å². The number of ether oxygens (including phenoxy) is 1. The molecule has 0 saturated carbocycles. The monoisotopic (exact) mass is 308 g/mol. The molecule has 0 radical (unpaired) electrons. The van der Waals surface area contributed by atoms with Crippen LogP contribution in [0.1, 0.15) is 17.0 Å². The zero-order chi connectivity index (χ0) is 16.1. The van der Waals surface area contributed by atoms with Gasteiger partial charge in [0.05, 0.1) is 7.11 Å². The molecular weight excluding hydrogens is 288 g/mol. The third-order valence-corrected chi connectivity index (χ3v) is 3.89. The van der Waals surface area contributed by atoms with Crippen LogP contribution in [0.2, 0.25) is 0 Å². The van der Waals surface area contributed by atoms with E-state index in [1.165, 1.54) is 5.56 Å². The van der Waals surface area contributed by atoms with Crippen LogP contribution >= 0.6 is 0 Å². The molecule has 23 heavy (non-hydrogen) atoms. The second-order valence-corrected chi connectivity index (χ2v) is 5.49. The fourth-order valence-electron chi connectivity index (χ4n) is 2.56. The predicted molar refractivity (Wildman–Crippen MR) is 89.8 cm³/mol. The first-order valence-corrected chi connectivity index (χ1v) is 7.65. The van der Waals surface area contributed by atoms with E-state index in [9.17, 15) is 5.11 Å². The van der Waals surface area contributed by atoms with Crippen LogP contribution in [-0.4, -0.2) is 21.8 Å². The number of phenols is 1. The molecule has 1 aromatic heterocycles. The summed E-state index contributed by atoms with van der Waals surface area (Å²) in [7, 11) is 1.68. The number of aryl methyl sites for hydroxylation is 2. The maximum atomic E-state index is 9.36. The van der Waals surface area contributed by atoms with Crippen molar-refractivity contribution >= 4 is 0 Å². The lowest BCUT2D eigenvalue weighted by Gasteiger charge is -2.09. The standard InChI is InChI=1S/C19H20N2O2/c1-23-18-9-4-15(5-10-18)6-11-19-20-12-13-21(19)14-16-2-7-17(22)8-3-16/h2-5,7-10,12-13,22H,6,11,14H2,1H3. The third kappa shape index (κ3) is 3.92. The van der Waals surface area contributed by atoms with E-state index in [0.717, 1.165) is 36.5 Å². The molecule has 4 heteroatoms. The molecule has 118 valence electrons. The minimum Gasteiger partial charge on any atom is -0.508 e. The molecule has 0 aliphatic rings. The van der Waals surface area contributed by atoms with E-state index in [1.807, 2.05) is 36.7 Å². The van der Waals surface area contributed by atoms with Crippen molar-refractivity contribution in [3.63, 3.8) is 0 Å².